The Hall–Kier alpha value is -2.02. The molecule has 1 fully saturated rings. The van der Waals surface area contributed by atoms with Crippen LogP contribution in [0, 0.1) is 5.92 Å². The van der Waals surface area contributed by atoms with Crippen LogP contribution in [0.25, 0.3) is 0 Å². The first kappa shape index (κ1) is 16.8. The number of benzene rings is 1. The molecule has 2 N–H and O–H groups in total. The fourth-order valence-corrected chi connectivity index (χ4v) is 3.37. The van der Waals surface area contributed by atoms with Crippen molar-refractivity contribution >= 4 is 5.91 Å². The summed E-state index contributed by atoms with van der Waals surface area (Å²) in [4.78, 5) is 12.4. The van der Waals surface area contributed by atoms with Gasteiger partial charge in [-0.25, -0.2) is 5.01 Å². The Balaban J connectivity index is 1.81. The van der Waals surface area contributed by atoms with Crippen molar-refractivity contribution in [2.45, 2.75) is 44.0 Å². The predicted octanol–water partition coefficient (Wildman–Crippen LogP) is 2.90. The number of rotatable bonds is 3. The van der Waals surface area contributed by atoms with E-state index in [2.05, 4.69) is 5.43 Å². The quantitative estimate of drug-likeness (QED) is 0.890. The van der Waals surface area contributed by atoms with Gasteiger partial charge in [0, 0.05) is 12.1 Å². The van der Waals surface area contributed by atoms with Crippen LogP contribution in [0.2, 0.25) is 0 Å². The highest BCUT2D eigenvalue weighted by Crippen LogP contribution is 2.48. The molecule has 2 unspecified atom stereocenters. The maximum Gasteiger partial charge on any atom is 0.439 e. The molecule has 0 radical (unpaired) electrons. The van der Waals surface area contributed by atoms with Crippen LogP contribution < -0.4 is 5.43 Å². The van der Waals surface area contributed by atoms with E-state index in [-0.39, 0.29) is 18.5 Å². The number of halogens is 3. The van der Waals surface area contributed by atoms with Crippen molar-refractivity contribution in [2.24, 2.45) is 5.92 Å². The van der Waals surface area contributed by atoms with Gasteiger partial charge in [0.1, 0.15) is 0 Å². The summed E-state index contributed by atoms with van der Waals surface area (Å²) < 4.78 is 40.7. The lowest BCUT2D eigenvalue weighted by Crippen LogP contribution is -2.62. The minimum atomic E-state index is -4.93. The SMILES string of the molecule is O=C(CCc1ccccc1)N1NC2=CCCCC2C1(O)C(F)(F)F. The fourth-order valence-electron chi connectivity index (χ4n) is 3.37. The molecule has 1 saturated heterocycles. The van der Waals surface area contributed by atoms with Crippen molar-refractivity contribution in [3.8, 4) is 0 Å². The molecule has 24 heavy (non-hydrogen) atoms. The number of aliphatic hydroxyl groups is 1. The van der Waals surface area contributed by atoms with Crippen LogP contribution in [-0.4, -0.2) is 27.9 Å². The molecular formula is C17H19F3N2O2. The lowest BCUT2D eigenvalue weighted by molar-refractivity contribution is -0.318. The molecule has 2 atom stereocenters. The molecule has 0 bridgehead atoms. The molecule has 4 nitrogen and oxygen atoms in total. The molecule has 1 aromatic rings. The van der Waals surface area contributed by atoms with Crippen LogP contribution in [0.15, 0.2) is 42.1 Å². The Morgan fingerprint density at radius 3 is 2.71 bits per heavy atom. The monoisotopic (exact) mass is 340 g/mol. The fraction of sp³-hybridized carbons (Fsp3) is 0.471. The number of nitrogens with zero attached hydrogens (tertiary/aromatic N) is 1. The molecule has 1 aliphatic heterocycles. The van der Waals surface area contributed by atoms with Crippen LogP contribution in [0.3, 0.4) is 0 Å². The van der Waals surface area contributed by atoms with Crippen LogP contribution >= 0.6 is 0 Å². The molecule has 1 aromatic carbocycles. The third-order valence-corrected chi connectivity index (χ3v) is 4.64. The number of amides is 1. The average molecular weight is 340 g/mol. The Morgan fingerprint density at radius 2 is 2.04 bits per heavy atom. The van der Waals surface area contributed by atoms with Crippen molar-refractivity contribution in [3.63, 3.8) is 0 Å². The zero-order valence-corrected chi connectivity index (χ0v) is 13.0. The first-order valence-electron chi connectivity index (χ1n) is 7.97. The Morgan fingerprint density at radius 1 is 1.33 bits per heavy atom. The second-order valence-corrected chi connectivity index (χ2v) is 6.19. The molecule has 1 heterocycles. The smallest absolute Gasteiger partial charge is 0.362 e. The molecule has 2 aliphatic rings. The largest absolute Gasteiger partial charge is 0.439 e. The van der Waals surface area contributed by atoms with Crippen molar-refractivity contribution < 1.29 is 23.1 Å². The lowest BCUT2D eigenvalue weighted by atomic mass is 9.84. The maximum atomic E-state index is 13.6. The van der Waals surface area contributed by atoms with E-state index in [9.17, 15) is 23.1 Å². The number of fused-ring (bicyclic) bond motifs is 1. The van der Waals surface area contributed by atoms with Gasteiger partial charge in [0.05, 0.1) is 5.92 Å². The highest BCUT2D eigenvalue weighted by Gasteiger charge is 2.68. The van der Waals surface area contributed by atoms with Gasteiger partial charge in [-0.3, -0.25) is 10.2 Å². The molecule has 3 rings (SSSR count). The van der Waals surface area contributed by atoms with Crippen molar-refractivity contribution in [3.05, 3.63) is 47.7 Å². The van der Waals surface area contributed by atoms with Crippen LogP contribution in [0.4, 0.5) is 13.2 Å². The third-order valence-electron chi connectivity index (χ3n) is 4.64. The second kappa shape index (κ2) is 6.12. The van der Waals surface area contributed by atoms with E-state index in [1.54, 1.807) is 18.2 Å². The summed E-state index contributed by atoms with van der Waals surface area (Å²) in [6.07, 6.45) is -1.71. The molecule has 0 spiro atoms. The number of nitrogens with one attached hydrogen (secondary N) is 1. The summed E-state index contributed by atoms with van der Waals surface area (Å²) in [6, 6.07) is 9.05. The topological polar surface area (TPSA) is 52.6 Å². The third kappa shape index (κ3) is 2.77. The van der Waals surface area contributed by atoms with Gasteiger partial charge in [-0.2, -0.15) is 13.2 Å². The number of hydrogen-bond acceptors (Lipinski definition) is 3. The van der Waals surface area contributed by atoms with Gasteiger partial charge < -0.3 is 5.11 Å². The number of carbonyl (C=O) groups is 1. The summed E-state index contributed by atoms with van der Waals surface area (Å²) >= 11 is 0. The minimum Gasteiger partial charge on any atom is -0.362 e. The predicted molar refractivity (Wildman–Crippen MR) is 81.2 cm³/mol. The highest BCUT2D eigenvalue weighted by atomic mass is 19.4. The highest BCUT2D eigenvalue weighted by molar-refractivity contribution is 5.77. The second-order valence-electron chi connectivity index (χ2n) is 6.19. The van der Waals surface area contributed by atoms with E-state index in [1.807, 2.05) is 18.2 Å². The van der Waals surface area contributed by atoms with Gasteiger partial charge >= 0.3 is 6.18 Å². The number of hydrogen-bond donors (Lipinski definition) is 2. The van der Waals surface area contributed by atoms with Crippen LogP contribution in [0.5, 0.6) is 0 Å². The number of carbonyl (C=O) groups excluding carboxylic acids is 1. The molecule has 0 aromatic heterocycles. The van der Waals surface area contributed by atoms with Gasteiger partial charge in [0.25, 0.3) is 5.72 Å². The van der Waals surface area contributed by atoms with E-state index in [1.165, 1.54) is 0 Å². The number of hydrazine groups is 1. The zero-order valence-electron chi connectivity index (χ0n) is 13.0. The first-order chi connectivity index (χ1) is 11.3. The van der Waals surface area contributed by atoms with E-state index in [0.717, 1.165) is 5.56 Å². The number of aryl methyl sites for hydroxylation is 1. The van der Waals surface area contributed by atoms with Crippen molar-refractivity contribution in [1.29, 1.82) is 0 Å². The molecule has 130 valence electrons. The first-order valence-corrected chi connectivity index (χ1v) is 7.97. The van der Waals surface area contributed by atoms with Gasteiger partial charge in [0.2, 0.25) is 5.91 Å². The van der Waals surface area contributed by atoms with Crippen LogP contribution in [0.1, 0.15) is 31.2 Å². The van der Waals surface area contributed by atoms with Gasteiger partial charge in [-0.15, -0.1) is 0 Å². The van der Waals surface area contributed by atoms with Gasteiger partial charge in [-0.05, 0) is 31.2 Å². The molecule has 7 heteroatoms. The molecule has 1 amide bonds. The summed E-state index contributed by atoms with van der Waals surface area (Å²) in [5.41, 5.74) is 0.458. The molecule has 0 saturated carbocycles. The molecular weight excluding hydrogens is 321 g/mol. The van der Waals surface area contributed by atoms with Crippen molar-refractivity contribution in [1.82, 2.24) is 10.4 Å². The Bertz CT molecular complexity index is 645. The van der Waals surface area contributed by atoms with Crippen molar-refractivity contribution in [2.75, 3.05) is 0 Å². The number of allylic oxidation sites excluding steroid dienone is 1. The standard InChI is InChI=1S/C17H19F3N2O2/c18-17(19,20)16(24)13-8-4-5-9-14(13)21-22(16)15(23)11-10-12-6-2-1-3-7-12/h1-3,6-7,9,13,21,24H,4-5,8,10-11H2. The summed E-state index contributed by atoms with van der Waals surface area (Å²) in [6.45, 7) is 0. The minimum absolute atomic E-state index is 0.116. The zero-order chi connectivity index (χ0) is 17.4. The summed E-state index contributed by atoms with van der Waals surface area (Å²) in [5.74, 6) is -1.92. The van der Waals surface area contributed by atoms with E-state index >= 15 is 0 Å². The Labute approximate surface area is 137 Å². The molecule has 1 aliphatic carbocycles. The van der Waals surface area contributed by atoms with E-state index in [4.69, 9.17) is 0 Å². The normalized spacial score (nSPS) is 26.6. The summed E-state index contributed by atoms with van der Waals surface area (Å²) in [5, 5.41) is 10.8. The van der Waals surface area contributed by atoms with E-state index in [0.29, 0.717) is 24.3 Å². The maximum absolute atomic E-state index is 13.6. The van der Waals surface area contributed by atoms with Gasteiger partial charge in [-0.1, -0.05) is 36.4 Å². The number of alkyl halides is 3. The Kier molecular flexibility index (Phi) is 4.29. The van der Waals surface area contributed by atoms with Crippen LogP contribution in [-0.2, 0) is 11.2 Å². The van der Waals surface area contributed by atoms with Gasteiger partial charge in [0.15, 0.2) is 0 Å². The average Bonchev–Trinajstić information content (AvgIpc) is 2.88. The summed E-state index contributed by atoms with van der Waals surface area (Å²) in [7, 11) is 0. The lowest BCUT2D eigenvalue weighted by Gasteiger charge is -2.37. The van der Waals surface area contributed by atoms with E-state index < -0.39 is 23.7 Å².